The van der Waals surface area contributed by atoms with Crippen LogP contribution in [0.3, 0.4) is 0 Å². The van der Waals surface area contributed by atoms with E-state index in [1.165, 1.54) is 5.56 Å². The van der Waals surface area contributed by atoms with Crippen LogP contribution in [0.5, 0.6) is 0 Å². The van der Waals surface area contributed by atoms with Gasteiger partial charge < -0.3 is 5.11 Å². The molecule has 1 saturated heterocycles. The molecular formula is C19H20ClNO2. The zero-order valence-electron chi connectivity index (χ0n) is 12.9. The Hall–Kier alpha value is -1.84. The molecule has 0 amide bonds. The van der Waals surface area contributed by atoms with Crippen molar-refractivity contribution in [2.45, 2.75) is 18.9 Å². The molecule has 0 aromatic heterocycles. The molecular weight excluding hydrogens is 310 g/mol. The van der Waals surface area contributed by atoms with E-state index in [1.54, 1.807) is 0 Å². The molecule has 1 N–H and O–H groups in total. The van der Waals surface area contributed by atoms with Crippen molar-refractivity contribution in [3.8, 4) is 0 Å². The Bertz CT molecular complexity index is 674. The minimum Gasteiger partial charge on any atom is -0.481 e. The van der Waals surface area contributed by atoms with Crippen molar-refractivity contribution in [2.75, 3.05) is 13.1 Å². The van der Waals surface area contributed by atoms with Gasteiger partial charge in [-0.3, -0.25) is 9.69 Å². The zero-order valence-corrected chi connectivity index (χ0v) is 13.6. The van der Waals surface area contributed by atoms with E-state index in [0.717, 1.165) is 17.1 Å². The molecule has 0 saturated carbocycles. The van der Waals surface area contributed by atoms with Crippen molar-refractivity contribution in [3.05, 3.63) is 70.7 Å². The second-order valence-corrected chi connectivity index (χ2v) is 6.57. The van der Waals surface area contributed by atoms with Gasteiger partial charge in [0.2, 0.25) is 0 Å². The lowest BCUT2D eigenvalue weighted by molar-refractivity contribution is -0.144. The maximum absolute atomic E-state index is 11.5. The van der Waals surface area contributed by atoms with Gasteiger partial charge in [-0.25, -0.2) is 0 Å². The van der Waals surface area contributed by atoms with E-state index in [0.29, 0.717) is 19.5 Å². The molecule has 2 atom stereocenters. The van der Waals surface area contributed by atoms with Gasteiger partial charge in [0.25, 0.3) is 0 Å². The molecule has 2 aromatic carbocycles. The molecule has 0 bridgehead atoms. The number of carbonyl (C=O) groups is 1. The van der Waals surface area contributed by atoms with Crippen LogP contribution in [-0.4, -0.2) is 29.1 Å². The largest absolute Gasteiger partial charge is 0.481 e. The van der Waals surface area contributed by atoms with Crippen LogP contribution < -0.4 is 0 Å². The summed E-state index contributed by atoms with van der Waals surface area (Å²) < 4.78 is 0. The molecule has 2 aromatic rings. The van der Waals surface area contributed by atoms with Crippen molar-refractivity contribution < 1.29 is 9.90 Å². The van der Waals surface area contributed by atoms with E-state index in [1.807, 2.05) is 42.5 Å². The van der Waals surface area contributed by atoms with E-state index >= 15 is 0 Å². The van der Waals surface area contributed by atoms with Crippen LogP contribution in [0.15, 0.2) is 54.6 Å². The summed E-state index contributed by atoms with van der Waals surface area (Å²) in [5.41, 5.74) is 2.26. The van der Waals surface area contributed by atoms with Gasteiger partial charge in [-0.15, -0.1) is 0 Å². The Balaban J connectivity index is 1.79. The van der Waals surface area contributed by atoms with Crippen LogP contribution in [-0.2, 0) is 11.3 Å². The Morgan fingerprint density at radius 2 is 1.78 bits per heavy atom. The third kappa shape index (κ3) is 3.92. The SMILES string of the molecule is O=C(O)C1CC(c2ccccc2)CN(Cc2ccccc2Cl)C1. The minimum absolute atomic E-state index is 0.244. The van der Waals surface area contributed by atoms with Gasteiger partial charge in [0.1, 0.15) is 0 Å². The van der Waals surface area contributed by atoms with Gasteiger partial charge in [-0.1, -0.05) is 60.1 Å². The van der Waals surface area contributed by atoms with Crippen molar-refractivity contribution in [1.29, 1.82) is 0 Å². The maximum atomic E-state index is 11.5. The van der Waals surface area contributed by atoms with Gasteiger partial charge in [-0.2, -0.15) is 0 Å². The Morgan fingerprint density at radius 3 is 2.48 bits per heavy atom. The Morgan fingerprint density at radius 1 is 1.09 bits per heavy atom. The van der Waals surface area contributed by atoms with E-state index in [4.69, 9.17) is 11.6 Å². The molecule has 2 unspecified atom stereocenters. The lowest BCUT2D eigenvalue weighted by Crippen LogP contribution is -2.42. The fourth-order valence-corrected chi connectivity index (χ4v) is 3.53. The molecule has 23 heavy (non-hydrogen) atoms. The highest BCUT2D eigenvalue weighted by molar-refractivity contribution is 6.31. The van der Waals surface area contributed by atoms with Crippen LogP contribution >= 0.6 is 11.6 Å². The van der Waals surface area contributed by atoms with Crippen LogP contribution in [0.25, 0.3) is 0 Å². The molecule has 4 heteroatoms. The molecule has 1 fully saturated rings. The fraction of sp³-hybridized carbons (Fsp3) is 0.316. The molecule has 0 radical (unpaired) electrons. The maximum Gasteiger partial charge on any atom is 0.307 e. The number of hydrogen-bond donors (Lipinski definition) is 1. The first-order valence-corrected chi connectivity index (χ1v) is 8.25. The quantitative estimate of drug-likeness (QED) is 0.920. The van der Waals surface area contributed by atoms with Crippen molar-refractivity contribution >= 4 is 17.6 Å². The number of nitrogens with zero attached hydrogens (tertiary/aromatic N) is 1. The molecule has 1 aliphatic rings. The fourth-order valence-electron chi connectivity index (χ4n) is 3.33. The summed E-state index contributed by atoms with van der Waals surface area (Å²) in [5.74, 6) is -0.806. The summed E-state index contributed by atoms with van der Waals surface area (Å²) in [7, 11) is 0. The highest BCUT2D eigenvalue weighted by Crippen LogP contribution is 2.31. The number of rotatable bonds is 4. The number of carboxylic acids is 1. The monoisotopic (exact) mass is 329 g/mol. The van der Waals surface area contributed by atoms with Gasteiger partial charge >= 0.3 is 5.97 Å². The number of aliphatic carboxylic acids is 1. The lowest BCUT2D eigenvalue weighted by Gasteiger charge is -2.36. The molecule has 0 aliphatic carbocycles. The smallest absolute Gasteiger partial charge is 0.307 e. The predicted molar refractivity (Wildman–Crippen MR) is 91.7 cm³/mol. The zero-order chi connectivity index (χ0) is 16.2. The van der Waals surface area contributed by atoms with E-state index < -0.39 is 5.97 Å². The highest BCUT2D eigenvalue weighted by atomic mass is 35.5. The van der Waals surface area contributed by atoms with Gasteiger partial charge in [0.05, 0.1) is 5.92 Å². The van der Waals surface area contributed by atoms with E-state index in [9.17, 15) is 9.90 Å². The molecule has 3 nitrogen and oxygen atoms in total. The third-order valence-corrected chi connectivity index (χ3v) is 4.87. The molecule has 0 spiro atoms. The lowest BCUT2D eigenvalue weighted by atomic mass is 9.84. The number of piperidine rings is 1. The molecule has 120 valence electrons. The Labute approximate surface area is 141 Å². The van der Waals surface area contributed by atoms with Gasteiger partial charge in [0, 0.05) is 24.7 Å². The number of likely N-dealkylation sites (tertiary alicyclic amines) is 1. The molecule has 1 heterocycles. The third-order valence-electron chi connectivity index (χ3n) is 4.50. The average Bonchev–Trinajstić information content (AvgIpc) is 2.57. The standard InChI is InChI=1S/C19H20ClNO2/c20-18-9-5-4-8-15(18)11-21-12-16(10-17(13-21)19(22)23)14-6-2-1-3-7-14/h1-9,16-17H,10-13H2,(H,22,23). The van der Waals surface area contributed by atoms with Crippen molar-refractivity contribution in [3.63, 3.8) is 0 Å². The summed E-state index contributed by atoms with van der Waals surface area (Å²) in [6, 6.07) is 17.9. The topological polar surface area (TPSA) is 40.5 Å². The second-order valence-electron chi connectivity index (χ2n) is 6.16. The first kappa shape index (κ1) is 16.0. The predicted octanol–water partition coefficient (Wildman–Crippen LogP) is 4.03. The number of benzene rings is 2. The highest BCUT2D eigenvalue weighted by Gasteiger charge is 2.32. The normalized spacial score (nSPS) is 22.0. The van der Waals surface area contributed by atoms with Gasteiger partial charge in [-0.05, 0) is 29.5 Å². The summed E-state index contributed by atoms with van der Waals surface area (Å²) in [6.07, 6.45) is 0.693. The summed E-state index contributed by atoms with van der Waals surface area (Å²) in [4.78, 5) is 13.8. The number of carboxylic acid groups (broad SMARTS) is 1. The summed E-state index contributed by atoms with van der Waals surface area (Å²) in [5, 5.41) is 10.2. The average molecular weight is 330 g/mol. The van der Waals surface area contributed by atoms with Crippen molar-refractivity contribution in [1.82, 2.24) is 4.90 Å². The first-order chi connectivity index (χ1) is 11.1. The van der Waals surface area contributed by atoms with Crippen LogP contribution in [0, 0.1) is 5.92 Å². The number of halogens is 1. The second kappa shape index (κ2) is 7.16. The summed E-state index contributed by atoms with van der Waals surface area (Å²) in [6.45, 7) is 2.12. The van der Waals surface area contributed by atoms with E-state index in [2.05, 4.69) is 17.0 Å². The molecule has 3 rings (SSSR count). The Kier molecular flexibility index (Phi) is 4.99. The first-order valence-electron chi connectivity index (χ1n) is 7.87. The van der Waals surface area contributed by atoms with E-state index in [-0.39, 0.29) is 11.8 Å². The summed E-state index contributed by atoms with van der Waals surface area (Å²) >= 11 is 6.25. The van der Waals surface area contributed by atoms with Crippen molar-refractivity contribution in [2.24, 2.45) is 5.92 Å². The van der Waals surface area contributed by atoms with Crippen LogP contribution in [0.1, 0.15) is 23.5 Å². The van der Waals surface area contributed by atoms with Gasteiger partial charge in [0.15, 0.2) is 0 Å². The molecule has 1 aliphatic heterocycles. The van der Waals surface area contributed by atoms with Crippen LogP contribution in [0.2, 0.25) is 5.02 Å². The number of hydrogen-bond acceptors (Lipinski definition) is 2. The van der Waals surface area contributed by atoms with Crippen LogP contribution in [0.4, 0.5) is 0 Å². The minimum atomic E-state index is -0.713.